The first-order valence-electron chi connectivity index (χ1n) is 25.5. The normalized spacial score (nSPS) is 12.5. The minimum Gasteiger partial charge on any atom is -0.507 e. The zero-order valence-corrected chi connectivity index (χ0v) is 47.6. The number of nitrogens with zero attached hydrogens (tertiary/aromatic N) is 4. The second-order valence-corrected chi connectivity index (χ2v) is 24.2. The summed E-state index contributed by atoms with van der Waals surface area (Å²) in [4.78, 5) is 15.6. The van der Waals surface area contributed by atoms with Crippen molar-refractivity contribution in [3.63, 3.8) is 0 Å². The van der Waals surface area contributed by atoms with E-state index in [9.17, 15) is 5.11 Å². The van der Waals surface area contributed by atoms with Gasteiger partial charge in [0.05, 0.1) is 37.3 Å². The number of fused-ring (bicyclic) bond motifs is 7. The number of aryl methyl sites for hydroxylation is 3. The quantitative estimate of drug-likeness (QED) is 0.167. The summed E-state index contributed by atoms with van der Waals surface area (Å²) >= 11 is 1.62. The molecule has 0 aliphatic rings. The fraction of sp³-hybridized carbons (Fsp3) is 0.227. The Bertz CT molecular complexity index is 4220. The summed E-state index contributed by atoms with van der Waals surface area (Å²) in [6.45, 7) is 26.3. The molecule has 9 heteroatoms. The van der Waals surface area contributed by atoms with Crippen molar-refractivity contribution in [1.82, 2.24) is 19.5 Å². The minimum atomic E-state index is -0.362. The topological polar surface area (TPSA) is 90.1 Å². The van der Waals surface area contributed by atoms with Gasteiger partial charge in [0.15, 0.2) is 5.58 Å². The van der Waals surface area contributed by atoms with Crippen LogP contribution in [0, 0.1) is 26.8 Å². The number of benzene rings is 7. The Hall–Kier alpha value is -7.12. The molecule has 5 heterocycles. The van der Waals surface area contributed by atoms with Crippen molar-refractivity contribution < 1.29 is 35.0 Å². The van der Waals surface area contributed by atoms with Crippen molar-refractivity contribution in [2.45, 2.75) is 99.3 Å². The van der Waals surface area contributed by atoms with Crippen LogP contribution in [0.2, 0.25) is 0 Å². The molecule has 0 aliphatic carbocycles. The Balaban J connectivity index is 0.00000602. The van der Waals surface area contributed by atoms with E-state index in [0.717, 1.165) is 104 Å². The van der Waals surface area contributed by atoms with E-state index in [-0.39, 0.29) is 43.1 Å². The van der Waals surface area contributed by atoms with Gasteiger partial charge in [-0.05, 0) is 101 Å². The molecule has 1 N–H and O–H groups in total. The third kappa shape index (κ3) is 8.42. The summed E-state index contributed by atoms with van der Waals surface area (Å²) < 4.78 is 17.7. The van der Waals surface area contributed by atoms with Crippen LogP contribution >= 0.6 is 11.3 Å². The number of aromatic hydroxyl groups is 1. The molecule has 0 fully saturated rings. The van der Waals surface area contributed by atoms with Crippen LogP contribution in [0.15, 0.2) is 143 Å². The van der Waals surface area contributed by atoms with Crippen LogP contribution in [0.4, 0.5) is 0 Å². The van der Waals surface area contributed by atoms with Crippen molar-refractivity contribution in [2.75, 3.05) is 0 Å². The Morgan fingerprint density at radius 3 is 2.04 bits per heavy atom. The first-order valence-corrected chi connectivity index (χ1v) is 26.3. The molecule has 0 bridgehead atoms. The van der Waals surface area contributed by atoms with Crippen molar-refractivity contribution in [3.8, 4) is 67.7 Å². The molecule has 12 aromatic rings. The van der Waals surface area contributed by atoms with Crippen LogP contribution in [-0.2, 0) is 37.3 Å². The predicted molar refractivity (Wildman–Crippen MR) is 307 cm³/mol. The van der Waals surface area contributed by atoms with Gasteiger partial charge in [0.25, 0.3) is 0 Å². The molecule has 12 rings (SSSR count). The van der Waals surface area contributed by atoms with Gasteiger partial charge in [0, 0.05) is 54.9 Å². The standard InChI is InChI=1S/C66H59N4O3S.Pt/c1-36-27-37(2)55(38(3)28-36)53-34-54-61(73-53)58-62(74-54)57(67-35-68-58)47-30-40(29-46-44-21-16-17-24-52(44)72-60(46)47)43-22-18-23-51-56(43)69-63(48-32-42(65(7,8)9)33-49(59(48)71)66(10,11)12)70(51)50-26-25-41(64(4,5)6)31-45(50)39-19-14-13-15-20-39;/h13-29,31-35,71H,1-12H3;/q-1;. The summed E-state index contributed by atoms with van der Waals surface area (Å²) in [7, 11) is 0. The van der Waals surface area contributed by atoms with Crippen molar-refractivity contribution >= 4 is 64.8 Å². The molecule has 0 amide bonds. The Kier molecular flexibility index (Phi) is 12.0. The van der Waals surface area contributed by atoms with Crippen molar-refractivity contribution in [2.24, 2.45) is 0 Å². The fourth-order valence-electron chi connectivity index (χ4n) is 10.9. The Morgan fingerprint density at radius 1 is 0.613 bits per heavy atom. The third-order valence-electron chi connectivity index (χ3n) is 14.7. The summed E-state index contributed by atoms with van der Waals surface area (Å²) in [5.74, 6) is 1.70. The van der Waals surface area contributed by atoms with E-state index in [1.165, 1.54) is 22.3 Å². The predicted octanol–water partition coefficient (Wildman–Crippen LogP) is 18.3. The molecule has 0 atom stereocenters. The Morgan fingerprint density at radius 2 is 1.32 bits per heavy atom. The first kappa shape index (κ1) is 50.1. The van der Waals surface area contributed by atoms with E-state index in [1.807, 2.05) is 18.2 Å². The van der Waals surface area contributed by atoms with Crippen LogP contribution < -0.4 is 0 Å². The number of hydrogen-bond donors (Lipinski definition) is 1. The first-order chi connectivity index (χ1) is 35.2. The molecule has 0 saturated heterocycles. The van der Waals surface area contributed by atoms with Gasteiger partial charge in [-0.25, -0.2) is 9.97 Å². The molecule has 0 aliphatic heterocycles. The van der Waals surface area contributed by atoms with Crippen molar-refractivity contribution in [1.29, 1.82) is 0 Å². The largest absolute Gasteiger partial charge is 0.507 e. The van der Waals surface area contributed by atoms with Crippen LogP contribution in [0.1, 0.15) is 95.7 Å². The second-order valence-electron chi connectivity index (χ2n) is 23.2. The summed E-state index contributed by atoms with van der Waals surface area (Å²) in [6, 6.07) is 48.9. The van der Waals surface area contributed by atoms with Gasteiger partial charge in [0.1, 0.15) is 34.8 Å². The van der Waals surface area contributed by atoms with Gasteiger partial charge < -0.3 is 13.9 Å². The van der Waals surface area contributed by atoms with E-state index in [0.29, 0.717) is 22.7 Å². The second kappa shape index (κ2) is 18.0. The molecule has 5 aromatic heterocycles. The van der Waals surface area contributed by atoms with Crippen LogP contribution in [0.3, 0.4) is 0 Å². The summed E-state index contributed by atoms with van der Waals surface area (Å²) in [5, 5.41) is 14.6. The number of furan rings is 2. The molecular weight excluding hydrogens is 1120 g/mol. The van der Waals surface area contributed by atoms with E-state index in [4.69, 9.17) is 23.8 Å². The maximum Gasteiger partial charge on any atom is 0.171 e. The van der Waals surface area contributed by atoms with Gasteiger partial charge in [-0.3, -0.25) is 9.55 Å². The maximum absolute atomic E-state index is 12.7. The molecule has 0 spiro atoms. The van der Waals surface area contributed by atoms with Gasteiger partial charge in [-0.2, -0.15) is 0 Å². The average Bonchev–Trinajstić information content (AvgIpc) is 4.15. The maximum atomic E-state index is 12.7. The molecular formula is C66H59N4O3PtS-. The molecule has 7 aromatic carbocycles. The fourth-order valence-corrected chi connectivity index (χ4v) is 12.0. The number of para-hydroxylation sites is 2. The molecule has 0 unspecified atom stereocenters. The number of phenols is 1. The number of aromatic nitrogens is 4. The van der Waals surface area contributed by atoms with Crippen molar-refractivity contribution in [3.05, 3.63) is 173 Å². The number of rotatable bonds is 6. The van der Waals surface area contributed by atoms with E-state index in [1.54, 1.807) is 17.7 Å². The molecule has 378 valence electrons. The van der Waals surface area contributed by atoms with Gasteiger partial charge in [-0.15, -0.1) is 29.0 Å². The van der Waals surface area contributed by atoms with E-state index >= 15 is 0 Å². The third-order valence-corrected chi connectivity index (χ3v) is 15.8. The molecule has 75 heavy (non-hydrogen) atoms. The van der Waals surface area contributed by atoms with Crippen LogP contribution in [-0.4, -0.2) is 24.6 Å². The minimum absolute atomic E-state index is 0. The Labute approximate surface area is 456 Å². The monoisotopic (exact) mass is 1180 g/mol. The average molecular weight is 1180 g/mol. The number of phenolic OH excluding ortho intramolecular Hbond substituents is 1. The summed E-state index contributed by atoms with van der Waals surface area (Å²) in [6.07, 6.45) is 1.62. The summed E-state index contributed by atoms with van der Waals surface area (Å²) in [5.41, 5.74) is 18.7. The van der Waals surface area contributed by atoms with Gasteiger partial charge in [-0.1, -0.05) is 164 Å². The van der Waals surface area contributed by atoms with E-state index in [2.05, 4.69) is 203 Å². The zero-order chi connectivity index (χ0) is 51.7. The van der Waals surface area contributed by atoms with Gasteiger partial charge in [0.2, 0.25) is 0 Å². The van der Waals surface area contributed by atoms with E-state index < -0.39 is 0 Å². The van der Waals surface area contributed by atoms with Gasteiger partial charge >= 0.3 is 0 Å². The smallest absolute Gasteiger partial charge is 0.171 e. The molecule has 0 radical (unpaired) electrons. The number of thiophene rings is 1. The van der Waals surface area contributed by atoms with Crippen LogP contribution in [0.5, 0.6) is 5.75 Å². The number of hydrogen-bond acceptors (Lipinski definition) is 7. The zero-order valence-electron chi connectivity index (χ0n) is 44.5. The molecule has 7 nitrogen and oxygen atoms in total. The SMILES string of the molecule is Cc1cc(C)c(-c2cc3sc4c(-c5[c-]c(-c6cccc7c6nc(-c6cc(C(C)(C)C)cc(C(C)(C)C)c6O)n7-c6ccc(C(C)(C)C)cc6-c6ccccc6)cc6c5oc5ccccc56)ncnc4c3o2)c(C)c1.[Pt]. The molecule has 0 saturated carbocycles. The van der Waals surface area contributed by atoms with Crippen LogP contribution in [0.25, 0.3) is 115 Å². The number of imidazole rings is 1.